The molecule has 0 N–H and O–H groups in total. The molecule has 0 radical (unpaired) electrons. The number of hydrogen-bond donors (Lipinski definition) is 0. The van der Waals surface area contributed by atoms with Gasteiger partial charge in [0.25, 0.3) is 5.91 Å². The lowest BCUT2D eigenvalue weighted by atomic mass is 10.2. The summed E-state index contributed by atoms with van der Waals surface area (Å²) in [7, 11) is -2.27. The van der Waals surface area contributed by atoms with E-state index in [1.807, 2.05) is 23.6 Å². The van der Waals surface area contributed by atoms with Crippen LogP contribution in [0.1, 0.15) is 23.0 Å². The number of amides is 1. The SMILES string of the molecule is CCn1c(=NC(=O)c2ccc(S(=O)(=O)N(C)Cc3ccco3)cc2)sc2cc3c(cc21)OCO3. The van der Waals surface area contributed by atoms with E-state index in [1.54, 1.807) is 12.1 Å². The molecule has 1 amide bonds. The van der Waals surface area contributed by atoms with Gasteiger partial charge in [0.2, 0.25) is 16.8 Å². The Morgan fingerprint density at radius 3 is 2.56 bits per heavy atom. The number of nitrogens with zero attached hydrogens (tertiary/aromatic N) is 3. The Kier molecular flexibility index (Phi) is 5.76. The van der Waals surface area contributed by atoms with Crippen LogP contribution in [-0.2, 0) is 23.1 Å². The van der Waals surface area contributed by atoms with E-state index in [1.165, 1.54) is 53.2 Å². The Balaban J connectivity index is 1.42. The minimum absolute atomic E-state index is 0.0816. The number of carbonyl (C=O) groups excluding carboxylic acids is 1. The first kappa shape index (κ1) is 22.4. The van der Waals surface area contributed by atoms with Gasteiger partial charge in [0, 0.05) is 31.3 Å². The second kappa shape index (κ2) is 8.75. The number of furan rings is 1. The number of ether oxygens (including phenoxy) is 2. The van der Waals surface area contributed by atoms with Crippen LogP contribution in [0.15, 0.2) is 69.1 Å². The van der Waals surface area contributed by atoms with Gasteiger partial charge in [0.1, 0.15) is 5.76 Å². The molecule has 0 spiro atoms. The summed E-state index contributed by atoms with van der Waals surface area (Å²) in [6, 6.07) is 12.9. The third kappa shape index (κ3) is 4.02. The number of carbonyl (C=O) groups is 1. The van der Waals surface area contributed by atoms with Crippen molar-refractivity contribution in [1.29, 1.82) is 0 Å². The molecule has 176 valence electrons. The number of rotatable bonds is 6. The van der Waals surface area contributed by atoms with Gasteiger partial charge in [-0.25, -0.2) is 8.42 Å². The molecule has 0 unspecified atom stereocenters. The number of aryl methyl sites for hydroxylation is 1. The highest BCUT2D eigenvalue weighted by atomic mass is 32.2. The maximum atomic E-state index is 12.9. The van der Waals surface area contributed by atoms with Crippen molar-refractivity contribution in [2.75, 3.05) is 13.8 Å². The zero-order chi connectivity index (χ0) is 23.9. The van der Waals surface area contributed by atoms with Crippen LogP contribution >= 0.6 is 11.3 Å². The quantitative estimate of drug-likeness (QED) is 0.402. The Labute approximate surface area is 199 Å². The summed E-state index contributed by atoms with van der Waals surface area (Å²) in [5, 5.41) is 0. The molecule has 1 aliphatic rings. The van der Waals surface area contributed by atoms with Crippen molar-refractivity contribution < 1.29 is 27.1 Å². The van der Waals surface area contributed by atoms with Crippen molar-refractivity contribution in [1.82, 2.24) is 8.87 Å². The van der Waals surface area contributed by atoms with Crippen LogP contribution in [0.4, 0.5) is 0 Å². The van der Waals surface area contributed by atoms with Gasteiger partial charge < -0.3 is 18.5 Å². The van der Waals surface area contributed by atoms with Crippen molar-refractivity contribution in [2.45, 2.75) is 24.9 Å². The molecule has 5 rings (SSSR count). The number of benzene rings is 2. The molecule has 4 aromatic rings. The maximum absolute atomic E-state index is 12.9. The van der Waals surface area contributed by atoms with Crippen LogP contribution in [0.5, 0.6) is 11.5 Å². The number of hydrogen-bond acceptors (Lipinski definition) is 7. The molecule has 0 atom stereocenters. The summed E-state index contributed by atoms with van der Waals surface area (Å²) in [6.07, 6.45) is 1.49. The largest absolute Gasteiger partial charge is 0.468 e. The summed E-state index contributed by atoms with van der Waals surface area (Å²) < 4.78 is 45.9. The number of fused-ring (bicyclic) bond motifs is 2. The average Bonchev–Trinajstić information content (AvgIpc) is 3.57. The zero-order valence-electron chi connectivity index (χ0n) is 18.4. The average molecular weight is 500 g/mol. The van der Waals surface area contributed by atoms with Gasteiger partial charge in [-0.15, -0.1) is 0 Å². The molecule has 2 aromatic carbocycles. The minimum Gasteiger partial charge on any atom is -0.468 e. The second-order valence-corrected chi connectivity index (χ2v) is 10.6. The molecule has 3 heterocycles. The topological polar surface area (TPSA) is 103 Å². The predicted molar refractivity (Wildman–Crippen MR) is 125 cm³/mol. The fourth-order valence-corrected chi connectivity index (χ4v) is 5.90. The van der Waals surface area contributed by atoms with Gasteiger partial charge in [-0.3, -0.25) is 4.79 Å². The third-order valence-electron chi connectivity index (χ3n) is 5.46. The van der Waals surface area contributed by atoms with Crippen LogP contribution in [0, 0.1) is 0 Å². The van der Waals surface area contributed by atoms with Gasteiger partial charge >= 0.3 is 0 Å². The zero-order valence-corrected chi connectivity index (χ0v) is 20.1. The normalized spacial score (nSPS) is 13.8. The van der Waals surface area contributed by atoms with Gasteiger partial charge in [0.05, 0.1) is 27.9 Å². The summed E-state index contributed by atoms with van der Waals surface area (Å²) >= 11 is 1.38. The molecule has 0 fully saturated rings. The summed E-state index contributed by atoms with van der Waals surface area (Å²) in [6.45, 7) is 2.89. The minimum atomic E-state index is -3.74. The highest BCUT2D eigenvalue weighted by Crippen LogP contribution is 2.37. The predicted octanol–water partition coefficient (Wildman–Crippen LogP) is 3.61. The first-order chi connectivity index (χ1) is 16.4. The first-order valence-electron chi connectivity index (χ1n) is 10.5. The molecular weight excluding hydrogens is 478 g/mol. The lowest BCUT2D eigenvalue weighted by Crippen LogP contribution is -2.26. The molecule has 0 saturated heterocycles. The van der Waals surface area contributed by atoms with Gasteiger partial charge in [-0.05, 0) is 43.3 Å². The fraction of sp³-hybridized carbons (Fsp3) is 0.217. The van der Waals surface area contributed by atoms with Crippen molar-refractivity contribution in [3.8, 4) is 11.5 Å². The van der Waals surface area contributed by atoms with E-state index in [0.29, 0.717) is 34.2 Å². The molecule has 0 bridgehead atoms. The van der Waals surface area contributed by atoms with Crippen molar-refractivity contribution >= 4 is 37.5 Å². The van der Waals surface area contributed by atoms with Crippen molar-refractivity contribution in [2.24, 2.45) is 4.99 Å². The number of thiazole rings is 1. The Hall–Kier alpha value is -3.41. The molecule has 9 nitrogen and oxygen atoms in total. The van der Waals surface area contributed by atoms with E-state index in [0.717, 1.165) is 10.2 Å². The molecule has 34 heavy (non-hydrogen) atoms. The highest BCUT2D eigenvalue weighted by Gasteiger charge is 2.22. The van der Waals surface area contributed by atoms with Crippen LogP contribution in [0.2, 0.25) is 0 Å². The smallest absolute Gasteiger partial charge is 0.279 e. The van der Waals surface area contributed by atoms with Crippen LogP contribution < -0.4 is 14.3 Å². The standard InChI is InChI=1S/C23H21N3O6S2/c1-3-26-18-11-19-20(32-14-31-19)12-21(18)33-23(26)24-22(27)15-6-8-17(9-7-15)34(28,29)25(2)13-16-5-4-10-30-16/h4-12H,3,13-14H2,1-2H3. The molecule has 0 aliphatic carbocycles. The Morgan fingerprint density at radius 2 is 1.88 bits per heavy atom. The number of sulfonamides is 1. The maximum Gasteiger partial charge on any atom is 0.279 e. The second-order valence-electron chi connectivity index (χ2n) is 7.58. The lowest BCUT2D eigenvalue weighted by Gasteiger charge is -2.16. The third-order valence-corrected chi connectivity index (χ3v) is 8.32. The van der Waals surface area contributed by atoms with Crippen molar-refractivity contribution in [3.05, 3.63) is 70.9 Å². The van der Waals surface area contributed by atoms with Gasteiger partial charge in [-0.1, -0.05) is 11.3 Å². The first-order valence-corrected chi connectivity index (χ1v) is 12.7. The van der Waals surface area contributed by atoms with E-state index in [9.17, 15) is 13.2 Å². The van der Waals surface area contributed by atoms with Crippen molar-refractivity contribution in [3.63, 3.8) is 0 Å². The Bertz CT molecular complexity index is 1530. The van der Waals surface area contributed by atoms with E-state index >= 15 is 0 Å². The van der Waals surface area contributed by atoms with Crippen LogP contribution in [0.3, 0.4) is 0 Å². The molecule has 2 aromatic heterocycles. The molecule has 1 aliphatic heterocycles. The summed E-state index contributed by atoms with van der Waals surface area (Å²) in [5.41, 5.74) is 1.20. The van der Waals surface area contributed by atoms with Gasteiger partial charge in [0.15, 0.2) is 16.3 Å². The highest BCUT2D eigenvalue weighted by molar-refractivity contribution is 7.89. The summed E-state index contributed by atoms with van der Waals surface area (Å²) in [4.78, 5) is 17.8. The van der Waals surface area contributed by atoms with Gasteiger partial charge in [-0.2, -0.15) is 9.30 Å². The van der Waals surface area contributed by atoms with E-state index < -0.39 is 15.9 Å². The van der Waals surface area contributed by atoms with E-state index in [2.05, 4.69) is 4.99 Å². The van der Waals surface area contributed by atoms with Crippen LogP contribution in [-0.4, -0.2) is 37.0 Å². The van der Waals surface area contributed by atoms with E-state index in [-0.39, 0.29) is 18.2 Å². The number of aromatic nitrogens is 1. The molecular formula is C23H21N3O6S2. The summed E-state index contributed by atoms with van der Waals surface area (Å²) in [5.74, 6) is 1.41. The monoisotopic (exact) mass is 499 g/mol. The van der Waals surface area contributed by atoms with E-state index in [4.69, 9.17) is 13.9 Å². The Morgan fingerprint density at radius 1 is 1.15 bits per heavy atom. The molecule has 0 saturated carbocycles. The lowest BCUT2D eigenvalue weighted by molar-refractivity contribution is 0.0997. The van der Waals surface area contributed by atoms with Crippen LogP contribution in [0.25, 0.3) is 10.2 Å². The fourth-order valence-electron chi connectivity index (χ4n) is 3.66. The molecule has 11 heteroatoms.